The van der Waals surface area contributed by atoms with Gasteiger partial charge in [0, 0.05) is 47.7 Å². The van der Waals surface area contributed by atoms with Gasteiger partial charge in [-0.2, -0.15) is 5.11 Å². The first-order chi connectivity index (χ1) is 13.6. The fourth-order valence-corrected chi connectivity index (χ4v) is 3.25. The standard InChI is InChI=1S/C20H18N4O4/c25-19-13-18(23-9-11-28-12-10-23)16-3-1-2-4-17(16)20(19)22-21-14-5-7-15(8-6-14)24(26)27/h1-8,13,25H,9-12H2. The van der Waals surface area contributed by atoms with Crippen molar-refractivity contribution in [2.75, 3.05) is 31.2 Å². The number of benzene rings is 3. The molecule has 1 aliphatic rings. The highest BCUT2D eigenvalue weighted by atomic mass is 16.6. The summed E-state index contributed by atoms with van der Waals surface area (Å²) in [5.41, 5.74) is 1.75. The Bertz CT molecular complexity index is 1040. The Labute approximate surface area is 160 Å². The van der Waals surface area contributed by atoms with E-state index in [1.54, 1.807) is 6.07 Å². The first kappa shape index (κ1) is 17.9. The van der Waals surface area contributed by atoms with Crippen molar-refractivity contribution in [3.8, 4) is 5.75 Å². The van der Waals surface area contributed by atoms with Crippen LogP contribution in [0.4, 0.5) is 22.7 Å². The summed E-state index contributed by atoms with van der Waals surface area (Å²) in [6.07, 6.45) is 0. The van der Waals surface area contributed by atoms with Crippen LogP contribution >= 0.6 is 0 Å². The molecule has 0 amide bonds. The fraction of sp³-hybridized carbons (Fsp3) is 0.200. The lowest BCUT2D eigenvalue weighted by Gasteiger charge is -2.30. The van der Waals surface area contributed by atoms with Crippen LogP contribution in [0.2, 0.25) is 0 Å². The molecule has 1 N–H and O–H groups in total. The number of hydrogen-bond donors (Lipinski definition) is 1. The van der Waals surface area contributed by atoms with Gasteiger partial charge in [0.2, 0.25) is 0 Å². The number of fused-ring (bicyclic) bond motifs is 1. The number of nitro benzene ring substituents is 1. The number of nitro groups is 1. The fourth-order valence-electron chi connectivity index (χ4n) is 3.25. The van der Waals surface area contributed by atoms with Gasteiger partial charge in [-0.15, -0.1) is 5.11 Å². The molecule has 1 heterocycles. The van der Waals surface area contributed by atoms with Gasteiger partial charge in [0.25, 0.3) is 5.69 Å². The number of azo groups is 1. The third kappa shape index (κ3) is 3.49. The van der Waals surface area contributed by atoms with E-state index in [4.69, 9.17) is 4.74 Å². The zero-order valence-corrected chi connectivity index (χ0v) is 15.0. The van der Waals surface area contributed by atoms with Crippen molar-refractivity contribution in [1.29, 1.82) is 0 Å². The van der Waals surface area contributed by atoms with Gasteiger partial charge >= 0.3 is 0 Å². The smallest absolute Gasteiger partial charge is 0.269 e. The number of phenols is 1. The summed E-state index contributed by atoms with van der Waals surface area (Å²) >= 11 is 0. The summed E-state index contributed by atoms with van der Waals surface area (Å²) in [6, 6.07) is 15.2. The highest BCUT2D eigenvalue weighted by Crippen LogP contribution is 2.42. The molecule has 28 heavy (non-hydrogen) atoms. The van der Waals surface area contributed by atoms with Crippen molar-refractivity contribution in [2.24, 2.45) is 10.2 Å². The van der Waals surface area contributed by atoms with Crippen molar-refractivity contribution in [3.63, 3.8) is 0 Å². The van der Waals surface area contributed by atoms with Gasteiger partial charge < -0.3 is 14.7 Å². The molecule has 0 bridgehead atoms. The largest absolute Gasteiger partial charge is 0.506 e. The molecular formula is C20H18N4O4. The van der Waals surface area contributed by atoms with Crippen LogP contribution in [0.25, 0.3) is 10.8 Å². The normalized spacial score (nSPS) is 14.6. The van der Waals surface area contributed by atoms with Gasteiger partial charge in [-0.3, -0.25) is 10.1 Å². The summed E-state index contributed by atoms with van der Waals surface area (Å²) < 4.78 is 5.42. The van der Waals surface area contributed by atoms with E-state index in [2.05, 4.69) is 15.1 Å². The lowest BCUT2D eigenvalue weighted by atomic mass is 10.0. The van der Waals surface area contributed by atoms with E-state index in [0.29, 0.717) is 24.6 Å². The minimum atomic E-state index is -0.468. The maximum atomic E-state index is 10.8. The molecule has 1 saturated heterocycles. The second-order valence-electron chi connectivity index (χ2n) is 6.38. The van der Waals surface area contributed by atoms with E-state index in [-0.39, 0.29) is 11.4 Å². The van der Waals surface area contributed by atoms with Crippen LogP contribution in [-0.2, 0) is 4.74 Å². The molecule has 0 aliphatic carbocycles. The quantitative estimate of drug-likeness (QED) is 0.403. The van der Waals surface area contributed by atoms with Crippen molar-refractivity contribution >= 4 is 33.5 Å². The molecule has 0 saturated carbocycles. The van der Waals surface area contributed by atoms with Gasteiger partial charge in [0.05, 0.1) is 23.8 Å². The Morgan fingerprint density at radius 3 is 2.36 bits per heavy atom. The second kappa shape index (κ2) is 7.61. The maximum Gasteiger partial charge on any atom is 0.269 e. The number of rotatable bonds is 4. The lowest BCUT2D eigenvalue weighted by molar-refractivity contribution is -0.384. The van der Waals surface area contributed by atoms with Gasteiger partial charge in [0.1, 0.15) is 11.4 Å². The number of anilines is 1. The van der Waals surface area contributed by atoms with E-state index in [1.165, 1.54) is 24.3 Å². The monoisotopic (exact) mass is 378 g/mol. The van der Waals surface area contributed by atoms with Crippen molar-refractivity contribution in [3.05, 3.63) is 64.7 Å². The van der Waals surface area contributed by atoms with Gasteiger partial charge in [-0.1, -0.05) is 24.3 Å². The molecule has 8 heteroatoms. The van der Waals surface area contributed by atoms with Crippen molar-refractivity contribution in [2.45, 2.75) is 0 Å². The van der Waals surface area contributed by atoms with Gasteiger partial charge in [-0.05, 0) is 12.1 Å². The van der Waals surface area contributed by atoms with Crippen LogP contribution in [-0.4, -0.2) is 36.3 Å². The maximum absolute atomic E-state index is 10.8. The molecule has 0 radical (unpaired) electrons. The molecule has 3 aromatic carbocycles. The molecule has 8 nitrogen and oxygen atoms in total. The first-order valence-electron chi connectivity index (χ1n) is 8.87. The zero-order valence-electron chi connectivity index (χ0n) is 15.0. The van der Waals surface area contributed by atoms with E-state index < -0.39 is 4.92 Å². The Hall–Kier alpha value is -3.52. The third-order valence-corrected chi connectivity index (χ3v) is 4.65. The second-order valence-corrected chi connectivity index (χ2v) is 6.38. The highest BCUT2D eigenvalue weighted by Gasteiger charge is 2.18. The number of nitrogens with zero attached hydrogens (tertiary/aromatic N) is 4. The predicted octanol–water partition coefficient (Wildman–Crippen LogP) is 4.71. The highest BCUT2D eigenvalue weighted by molar-refractivity contribution is 6.03. The van der Waals surface area contributed by atoms with Crippen LogP contribution in [0.5, 0.6) is 5.75 Å². The van der Waals surface area contributed by atoms with Crippen molar-refractivity contribution in [1.82, 2.24) is 0 Å². The summed E-state index contributed by atoms with van der Waals surface area (Å²) in [7, 11) is 0. The molecule has 0 spiro atoms. The number of non-ortho nitro benzene ring substituents is 1. The minimum Gasteiger partial charge on any atom is -0.506 e. The Morgan fingerprint density at radius 2 is 1.68 bits per heavy atom. The van der Waals surface area contributed by atoms with Crippen LogP contribution in [0.1, 0.15) is 0 Å². The summed E-state index contributed by atoms with van der Waals surface area (Å²) in [5.74, 6) is 0.0332. The molecule has 0 unspecified atom stereocenters. The van der Waals surface area contributed by atoms with Crippen molar-refractivity contribution < 1.29 is 14.8 Å². The van der Waals surface area contributed by atoms with Crippen LogP contribution < -0.4 is 4.90 Å². The average molecular weight is 378 g/mol. The van der Waals surface area contributed by atoms with Gasteiger partial charge in [0.15, 0.2) is 0 Å². The average Bonchev–Trinajstić information content (AvgIpc) is 2.73. The molecule has 0 atom stereocenters. The van der Waals surface area contributed by atoms with E-state index in [1.807, 2.05) is 24.3 Å². The van der Waals surface area contributed by atoms with Crippen LogP contribution in [0.3, 0.4) is 0 Å². The lowest BCUT2D eigenvalue weighted by Crippen LogP contribution is -2.36. The number of hydrogen-bond acceptors (Lipinski definition) is 7. The zero-order chi connectivity index (χ0) is 19.5. The molecule has 0 aromatic heterocycles. The van der Waals surface area contributed by atoms with E-state index in [0.717, 1.165) is 29.5 Å². The molecule has 1 aliphatic heterocycles. The predicted molar refractivity (Wildman–Crippen MR) is 106 cm³/mol. The summed E-state index contributed by atoms with van der Waals surface area (Å²) in [5, 5.41) is 31.5. The molecular weight excluding hydrogens is 360 g/mol. The molecule has 1 fully saturated rings. The van der Waals surface area contributed by atoms with E-state index >= 15 is 0 Å². The van der Waals surface area contributed by atoms with E-state index in [9.17, 15) is 15.2 Å². The molecule has 3 aromatic rings. The number of morpholine rings is 1. The van der Waals surface area contributed by atoms with Crippen LogP contribution in [0.15, 0.2) is 64.8 Å². The SMILES string of the molecule is O=[N+]([O-])c1ccc(N=Nc2c(O)cc(N3CCOCC3)c3ccccc23)cc1. The number of aromatic hydroxyl groups is 1. The first-order valence-corrected chi connectivity index (χ1v) is 8.87. The molecule has 142 valence electrons. The summed E-state index contributed by atoms with van der Waals surface area (Å²) in [4.78, 5) is 12.5. The Balaban J connectivity index is 1.73. The molecule has 4 rings (SSSR count). The number of ether oxygens (including phenoxy) is 1. The minimum absolute atomic E-state index is 0.0119. The van der Waals surface area contributed by atoms with Crippen LogP contribution in [0, 0.1) is 10.1 Å². The topological polar surface area (TPSA) is 101 Å². The number of phenolic OH excluding ortho intramolecular Hbond substituents is 1. The third-order valence-electron chi connectivity index (χ3n) is 4.65. The summed E-state index contributed by atoms with van der Waals surface area (Å²) in [6.45, 7) is 2.81. The Morgan fingerprint density at radius 1 is 1.00 bits per heavy atom. The Kier molecular flexibility index (Phi) is 4.86. The van der Waals surface area contributed by atoms with Gasteiger partial charge in [-0.25, -0.2) is 0 Å².